The summed E-state index contributed by atoms with van der Waals surface area (Å²) < 4.78 is 7.74. The summed E-state index contributed by atoms with van der Waals surface area (Å²) in [5.74, 6) is 1.17. The minimum Gasteiger partial charge on any atom is -0.473 e. The maximum absolute atomic E-state index is 10.1. The highest BCUT2D eigenvalue weighted by Crippen LogP contribution is 2.31. The third kappa shape index (κ3) is 2.81. The number of aromatic nitrogens is 2. The van der Waals surface area contributed by atoms with Crippen molar-refractivity contribution in [2.24, 2.45) is 0 Å². The quantitative estimate of drug-likeness (QED) is 0.780. The topological polar surface area (TPSA) is 87.2 Å². The van der Waals surface area contributed by atoms with E-state index in [1.165, 1.54) is 11.8 Å². The highest BCUT2D eigenvalue weighted by atomic mass is 32.2. The van der Waals surface area contributed by atoms with Crippen LogP contribution in [0.5, 0.6) is 5.75 Å². The first-order chi connectivity index (χ1) is 10.5. The second kappa shape index (κ2) is 6.08. The van der Waals surface area contributed by atoms with Crippen molar-refractivity contribution >= 4 is 17.4 Å². The SMILES string of the molecule is CC(C)c1cn2cccc(O[C@@H]3SC[C@@H](O)[C@H](O)[C@H]3O)c2n1. The summed E-state index contributed by atoms with van der Waals surface area (Å²) in [6, 6.07) is 3.64. The minimum atomic E-state index is -1.20. The van der Waals surface area contributed by atoms with E-state index in [0.717, 1.165) is 5.69 Å². The van der Waals surface area contributed by atoms with E-state index in [9.17, 15) is 15.3 Å². The zero-order chi connectivity index (χ0) is 15.9. The van der Waals surface area contributed by atoms with Crippen LogP contribution in [0.15, 0.2) is 24.5 Å². The van der Waals surface area contributed by atoms with Crippen molar-refractivity contribution in [3.63, 3.8) is 0 Å². The van der Waals surface area contributed by atoms with Gasteiger partial charge in [0, 0.05) is 18.1 Å². The van der Waals surface area contributed by atoms with Gasteiger partial charge in [-0.15, -0.1) is 11.8 Å². The molecule has 0 amide bonds. The van der Waals surface area contributed by atoms with E-state index in [1.807, 2.05) is 22.9 Å². The number of thioether (sulfide) groups is 1. The molecule has 6 nitrogen and oxygen atoms in total. The summed E-state index contributed by atoms with van der Waals surface area (Å²) in [6.07, 6.45) is 0.570. The van der Waals surface area contributed by atoms with Crippen LogP contribution in [-0.2, 0) is 0 Å². The number of imidazole rings is 1. The van der Waals surface area contributed by atoms with Crippen LogP contribution < -0.4 is 4.74 Å². The van der Waals surface area contributed by atoms with E-state index in [0.29, 0.717) is 23.1 Å². The first-order valence-electron chi connectivity index (χ1n) is 7.27. The van der Waals surface area contributed by atoms with Crippen molar-refractivity contribution in [3.05, 3.63) is 30.2 Å². The molecular weight excluding hydrogens is 304 g/mol. The number of fused-ring (bicyclic) bond motifs is 1. The fourth-order valence-electron chi connectivity index (χ4n) is 2.38. The summed E-state index contributed by atoms with van der Waals surface area (Å²) in [7, 11) is 0. The van der Waals surface area contributed by atoms with Crippen molar-refractivity contribution in [2.75, 3.05) is 5.75 Å². The molecule has 0 aromatic carbocycles. The molecule has 4 atom stereocenters. The van der Waals surface area contributed by atoms with Gasteiger partial charge in [-0.25, -0.2) is 4.98 Å². The van der Waals surface area contributed by atoms with Crippen molar-refractivity contribution in [3.8, 4) is 5.75 Å². The van der Waals surface area contributed by atoms with Gasteiger partial charge >= 0.3 is 0 Å². The molecule has 120 valence electrons. The normalized spacial score (nSPS) is 29.2. The van der Waals surface area contributed by atoms with Crippen LogP contribution in [0.3, 0.4) is 0 Å². The van der Waals surface area contributed by atoms with E-state index >= 15 is 0 Å². The number of aliphatic hydroxyl groups excluding tert-OH is 3. The van der Waals surface area contributed by atoms with Crippen LogP contribution in [0.25, 0.3) is 5.65 Å². The molecule has 0 radical (unpaired) electrons. The predicted octanol–water partition coefficient (Wildman–Crippen LogP) is 0.992. The van der Waals surface area contributed by atoms with Gasteiger partial charge in [-0.1, -0.05) is 13.8 Å². The van der Waals surface area contributed by atoms with Gasteiger partial charge in [0.15, 0.2) is 16.8 Å². The molecule has 1 saturated heterocycles. The zero-order valence-electron chi connectivity index (χ0n) is 12.5. The van der Waals surface area contributed by atoms with Crippen molar-refractivity contribution in [2.45, 2.75) is 43.5 Å². The Morgan fingerprint density at radius 3 is 2.82 bits per heavy atom. The highest BCUT2D eigenvalue weighted by molar-refractivity contribution is 7.99. The van der Waals surface area contributed by atoms with Crippen molar-refractivity contribution in [1.82, 2.24) is 9.38 Å². The van der Waals surface area contributed by atoms with Crippen LogP contribution >= 0.6 is 11.8 Å². The standard InChI is InChI=1S/C15H20N2O4S/c1-8(2)9-6-17-5-3-4-11(14(17)16-9)21-15-13(20)12(19)10(18)7-22-15/h3-6,8,10,12-13,15,18-20H,7H2,1-2H3/t10-,12+,13-,15-/m1/s1. The molecule has 3 heterocycles. The summed E-state index contributed by atoms with van der Waals surface area (Å²) in [5, 5.41) is 29.4. The van der Waals surface area contributed by atoms with Gasteiger partial charge in [0.25, 0.3) is 0 Å². The number of ether oxygens (including phenoxy) is 1. The largest absolute Gasteiger partial charge is 0.473 e. The van der Waals surface area contributed by atoms with E-state index in [1.54, 1.807) is 6.07 Å². The Kier molecular flexibility index (Phi) is 4.31. The van der Waals surface area contributed by atoms with Gasteiger partial charge < -0.3 is 24.5 Å². The number of rotatable bonds is 3. The molecule has 0 spiro atoms. The average Bonchev–Trinajstić information content (AvgIpc) is 2.93. The van der Waals surface area contributed by atoms with E-state index < -0.39 is 23.7 Å². The lowest BCUT2D eigenvalue weighted by Gasteiger charge is -2.34. The third-order valence-corrected chi connectivity index (χ3v) is 4.99. The molecule has 0 bridgehead atoms. The predicted molar refractivity (Wildman–Crippen MR) is 84.2 cm³/mol. The summed E-state index contributed by atoms with van der Waals surface area (Å²) in [6.45, 7) is 4.14. The van der Waals surface area contributed by atoms with Crippen LogP contribution in [-0.4, -0.2) is 54.2 Å². The maximum atomic E-state index is 10.1. The second-order valence-electron chi connectivity index (χ2n) is 5.79. The second-order valence-corrected chi connectivity index (χ2v) is 6.92. The Morgan fingerprint density at radius 1 is 1.32 bits per heavy atom. The van der Waals surface area contributed by atoms with Gasteiger partial charge in [-0.2, -0.15) is 0 Å². The van der Waals surface area contributed by atoms with E-state index in [2.05, 4.69) is 18.8 Å². The number of nitrogens with zero attached hydrogens (tertiary/aromatic N) is 2. The third-order valence-electron chi connectivity index (χ3n) is 3.75. The molecule has 2 aromatic heterocycles. The highest BCUT2D eigenvalue weighted by Gasteiger charge is 2.38. The lowest BCUT2D eigenvalue weighted by Crippen LogP contribution is -2.50. The van der Waals surface area contributed by atoms with E-state index in [-0.39, 0.29) is 0 Å². The molecule has 22 heavy (non-hydrogen) atoms. The molecule has 0 aliphatic carbocycles. The summed E-state index contributed by atoms with van der Waals surface area (Å²) >= 11 is 1.28. The molecule has 2 aromatic rings. The summed E-state index contributed by atoms with van der Waals surface area (Å²) in [5.41, 5.74) is 1.01. The molecular formula is C15H20N2O4S. The van der Waals surface area contributed by atoms with Gasteiger partial charge in [0.1, 0.15) is 12.2 Å². The summed E-state index contributed by atoms with van der Waals surface area (Å²) in [4.78, 5) is 4.57. The van der Waals surface area contributed by atoms with Crippen molar-refractivity contribution in [1.29, 1.82) is 0 Å². The first kappa shape index (κ1) is 15.6. The lowest BCUT2D eigenvalue weighted by molar-refractivity contribution is -0.0784. The monoisotopic (exact) mass is 324 g/mol. The fourth-order valence-corrected chi connectivity index (χ4v) is 3.50. The molecule has 0 saturated carbocycles. The van der Waals surface area contributed by atoms with Crippen LogP contribution in [0.4, 0.5) is 0 Å². The van der Waals surface area contributed by atoms with Crippen molar-refractivity contribution < 1.29 is 20.1 Å². The first-order valence-corrected chi connectivity index (χ1v) is 8.32. The molecule has 1 aliphatic rings. The van der Waals surface area contributed by atoms with E-state index in [4.69, 9.17) is 4.74 Å². The average molecular weight is 324 g/mol. The molecule has 3 rings (SSSR count). The molecule has 1 aliphatic heterocycles. The molecule has 0 unspecified atom stereocenters. The van der Waals surface area contributed by atoms with Crippen LogP contribution in [0.1, 0.15) is 25.5 Å². The lowest BCUT2D eigenvalue weighted by atomic mass is 10.1. The van der Waals surface area contributed by atoms with Crippen LogP contribution in [0, 0.1) is 0 Å². The number of hydrogen-bond acceptors (Lipinski definition) is 6. The van der Waals surface area contributed by atoms with Gasteiger partial charge in [-0.05, 0) is 18.1 Å². The number of aliphatic hydroxyl groups is 3. The Bertz CT molecular complexity index is 660. The Balaban J connectivity index is 1.87. The maximum Gasteiger partial charge on any atom is 0.180 e. The number of pyridine rings is 1. The Labute approximate surface area is 132 Å². The Morgan fingerprint density at radius 2 is 2.09 bits per heavy atom. The van der Waals surface area contributed by atoms with Crippen LogP contribution in [0.2, 0.25) is 0 Å². The zero-order valence-corrected chi connectivity index (χ0v) is 13.3. The smallest absolute Gasteiger partial charge is 0.180 e. The van der Waals surface area contributed by atoms with Gasteiger partial charge in [0.2, 0.25) is 0 Å². The molecule has 1 fully saturated rings. The van der Waals surface area contributed by atoms with Gasteiger partial charge in [0.05, 0.1) is 11.8 Å². The fraction of sp³-hybridized carbons (Fsp3) is 0.533. The van der Waals surface area contributed by atoms with Gasteiger partial charge in [-0.3, -0.25) is 0 Å². The number of hydrogen-bond donors (Lipinski definition) is 3. The minimum absolute atomic E-state index is 0.305. The molecule has 3 N–H and O–H groups in total. The molecule has 7 heteroatoms. The Hall–Kier alpha value is -1.28.